The molecular weight excluding hydrogens is 346 g/mol. The van der Waals surface area contributed by atoms with Crippen LogP contribution in [0.2, 0.25) is 0 Å². The van der Waals surface area contributed by atoms with Crippen LogP contribution in [-0.2, 0) is 13.0 Å². The molecule has 4 rings (SSSR count). The summed E-state index contributed by atoms with van der Waals surface area (Å²) in [6.07, 6.45) is 7.41. The third kappa shape index (κ3) is 4.20. The van der Waals surface area contributed by atoms with Gasteiger partial charge in [0.2, 0.25) is 0 Å². The SMILES string of the molecule is NC1=C(NC2CCCC2)NC=NC1(Cc1ccccc1)NCc1ccccc1. The first kappa shape index (κ1) is 18.6. The zero-order valence-corrected chi connectivity index (χ0v) is 16.2. The van der Waals surface area contributed by atoms with E-state index < -0.39 is 5.66 Å². The Labute approximate surface area is 167 Å². The Morgan fingerprint density at radius 1 is 0.964 bits per heavy atom. The van der Waals surface area contributed by atoms with Crippen molar-refractivity contribution < 1.29 is 0 Å². The molecule has 146 valence electrons. The molecule has 0 saturated heterocycles. The van der Waals surface area contributed by atoms with E-state index in [0.717, 1.165) is 11.5 Å². The summed E-state index contributed by atoms with van der Waals surface area (Å²) in [4.78, 5) is 4.81. The van der Waals surface area contributed by atoms with Gasteiger partial charge in [0.25, 0.3) is 0 Å². The normalized spacial score (nSPS) is 22.3. The lowest BCUT2D eigenvalue weighted by Gasteiger charge is -2.36. The number of nitrogens with one attached hydrogen (secondary N) is 3. The van der Waals surface area contributed by atoms with Gasteiger partial charge in [-0.25, -0.2) is 4.99 Å². The van der Waals surface area contributed by atoms with E-state index in [2.05, 4.69) is 64.5 Å². The fraction of sp³-hybridized carbons (Fsp3) is 0.348. The van der Waals surface area contributed by atoms with Gasteiger partial charge in [-0.1, -0.05) is 73.5 Å². The van der Waals surface area contributed by atoms with Crippen molar-refractivity contribution in [2.45, 2.75) is 50.4 Å². The van der Waals surface area contributed by atoms with Crippen molar-refractivity contribution in [2.24, 2.45) is 10.7 Å². The molecule has 2 aromatic rings. The van der Waals surface area contributed by atoms with Crippen LogP contribution in [-0.4, -0.2) is 18.0 Å². The molecule has 0 radical (unpaired) electrons. The highest BCUT2D eigenvalue weighted by atomic mass is 15.3. The van der Waals surface area contributed by atoms with E-state index in [9.17, 15) is 0 Å². The monoisotopic (exact) mass is 375 g/mol. The fourth-order valence-electron chi connectivity index (χ4n) is 4.03. The van der Waals surface area contributed by atoms with Crippen LogP contribution in [0.5, 0.6) is 0 Å². The molecular formula is C23H29N5. The lowest BCUT2D eigenvalue weighted by atomic mass is 9.95. The minimum Gasteiger partial charge on any atom is -0.396 e. The molecule has 28 heavy (non-hydrogen) atoms. The summed E-state index contributed by atoms with van der Waals surface area (Å²) < 4.78 is 0. The molecule has 0 amide bonds. The highest BCUT2D eigenvalue weighted by Crippen LogP contribution is 2.26. The molecule has 1 heterocycles. The molecule has 1 atom stereocenters. The van der Waals surface area contributed by atoms with Crippen LogP contribution >= 0.6 is 0 Å². The zero-order valence-electron chi connectivity index (χ0n) is 16.2. The third-order valence-corrected chi connectivity index (χ3v) is 5.64. The molecule has 0 aromatic heterocycles. The predicted octanol–water partition coefficient (Wildman–Crippen LogP) is 3.01. The average Bonchev–Trinajstić information content (AvgIpc) is 3.25. The van der Waals surface area contributed by atoms with Crippen molar-refractivity contribution in [1.29, 1.82) is 0 Å². The summed E-state index contributed by atoms with van der Waals surface area (Å²) in [5, 5.41) is 10.5. The summed E-state index contributed by atoms with van der Waals surface area (Å²) >= 11 is 0. The topological polar surface area (TPSA) is 74.5 Å². The van der Waals surface area contributed by atoms with Gasteiger partial charge in [0.1, 0.15) is 5.82 Å². The first-order valence-corrected chi connectivity index (χ1v) is 10.1. The van der Waals surface area contributed by atoms with E-state index in [1.165, 1.54) is 36.8 Å². The van der Waals surface area contributed by atoms with Gasteiger partial charge in [-0.2, -0.15) is 0 Å². The van der Waals surface area contributed by atoms with Gasteiger partial charge in [0, 0.05) is 19.0 Å². The molecule has 2 aromatic carbocycles. The highest BCUT2D eigenvalue weighted by molar-refractivity contribution is 5.62. The number of aliphatic imine (C=N–C) groups is 1. The van der Waals surface area contributed by atoms with Gasteiger partial charge < -0.3 is 16.4 Å². The van der Waals surface area contributed by atoms with E-state index in [-0.39, 0.29) is 0 Å². The molecule has 5 nitrogen and oxygen atoms in total. The van der Waals surface area contributed by atoms with Gasteiger partial charge in [-0.05, 0) is 24.0 Å². The molecule has 1 unspecified atom stereocenters. The van der Waals surface area contributed by atoms with Crippen molar-refractivity contribution in [1.82, 2.24) is 16.0 Å². The van der Waals surface area contributed by atoms with Gasteiger partial charge in [0.05, 0.1) is 12.0 Å². The largest absolute Gasteiger partial charge is 0.396 e. The number of nitrogens with two attached hydrogens (primary N) is 1. The lowest BCUT2D eigenvalue weighted by Crippen LogP contribution is -2.55. The Kier molecular flexibility index (Phi) is 5.63. The second-order valence-corrected chi connectivity index (χ2v) is 7.68. The number of nitrogens with zero attached hydrogens (tertiary/aromatic N) is 1. The second kappa shape index (κ2) is 8.48. The maximum absolute atomic E-state index is 6.73. The summed E-state index contributed by atoms with van der Waals surface area (Å²) in [5.41, 5.74) is 9.18. The molecule has 1 fully saturated rings. The Morgan fingerprint density at radius 2 is 1.61 bits per heavy atom. The molecule has 5 N–H and O–H groups in total. The van der Waals surface area contributed by atoms with Crippen LogP contribution in [0.4, 0.5) is 0 Å². The Bertz CT molecular complexity index is 825. The Hall–Kier alpha value is -2.79. The van der Waals surface area contributed by atoms with Crippen LogP contribution in [0.15, 0.2) is 77.2 Å². The van der Waals surface area contributed by atoms with Crippen LogP contribution in [0.25, 0.3) is 0 Å². The lowest BCUT2D eigenvalue weighted by molar-refractivity contribution is 0.370. The zero-order chi connectivity index (χ0) is 19.2. The van der Waals surface area contributed by atoms with Crippen molar-refractivity contribution >= 4 is 6.34 Å². The van der Waals surface area contributed by atoms with Crippen molar-refractivity contribution in [2.75, 3.05) is 0 Å². The summed E-state index contributed by atoms with van der Waals surface area (Å²) in [6.45, 7) is 0.697. The van der Waals surface area contributed by atoms with Gasteiger partial charge in [-0.15, -0.1) is 0 Å². The van der Waals surface area contributed by atoms with Gasteiger partial charge >= 0.3 is 0 Å². The summed E-state index contributed by atoms with van der Waals surface area (Å²) in [7, 11) is 0. The van der Waals surface area contributed by atoms with Gasteiger partial charge in [0.15, 0.2) is 5.66 Å². The molecule has 5 heteroatoms. The highest BCUT2D eigenvalue weighted by Gasteiger charge is 2.37. The molecule has 1 aliphatic carbocycles. The van der Waals surface area contributed by atoms with Crippen LogP contribution in [0.1, 0.15) is 36.8 Å². The molecule has 1 aliphatic heterocycles. The number of benzene rings is 2. The van der Waals surface area contributed by atoms with E-state index in [4.69, 9.17) is 10.7 Å². The molecule has 0 bridgehead atoms. The van der Waals surface area contributed by atoms with Crippen molar-refractivity contribution in [3.63, 3.8) is 0 Å². The number of hydrogen-bond acceptors (Lipinski definition) is 5. The number of rotatable bonds is 7. The smallest absolute Gasteiger partial charge is 0.160 e. The predicted molar refractivity (Wildman–Crippen MR) is 114 cm³/mol. The van der Waals surface area contributed by atoms with Gasteiger partial charge in [-0.3, -0.25) is 5.32 Å². The maximum Gasteiger partial charge on any atom is 0.160 e. The van der Waals surface area contributed by atoms with Crippen molar-refractivity contribution in [3.05, 3.63) is 83.3 Å². The Balaban J connectivity index is 1.61. The second-order valence-electron chi connectivity index (χ2n) is 7.68. The first-order chi connectivity index (χ1) is 13.8. The van der Waals surface area contributed by atoms with Crippen LogP contribution in [0.3, 0.4) is 0 Å². The quantitative estimate of drug-likeness (QED) is 0.600. The summed E-state index contributed by atoms with van der Waals surface area (Å²) in [6, 6.07) is 21.3. The third-order valence-electron chi connectivity index (χ3n) is 5.64. The number of hydrogen-bond donors (Lipinski definition) is 4. The van der Waals surface area contributed by atoms with Crippen LogP contribution in [0, 0.1) is 0 Å². The average molecular weight is 376 g/mol. The van der Waals surface area contributed by atoms with Crippen LogP contribution < -0.4 is 21.7 Å². The minimum absolute atomic E-state index is 0.482. The molecule has 2 aliphatic rings. The van der Waals surface area contributed by atoms with Crippen molar-refractivity contribution in [3.8, 4) is 0 Å². The maximum atomic E-state index is 6.73. The molecule has 0 spiro atoms. The van der Waals surface area contributed by atoms with E-state index >= 15 is 0 Å². The first-order valence-electron chi connectivity index (χ1n) is 10.1. The molecule has 1 saturated carbocycles. The minimum atomic E-state index is -0.677. The fourth-order valence-corrected chi connectivity index (χ4v) is 4.03. The van der Waals surface area contributed by atoms with E-state index in [0.29, 0.717) is 19.0 Å². The van der Waals surface area contributed by atoms with E-state index in [1.54, 1.807) is 6.34 Å². The Morgan fingerprint density at radius 3 is 2.29 bits per heavy atom. The standard InChI is InChI=1S/C23H29N5/c24-21-22(28-20-13-7-8-14-20)25-17-27-23(21,15-18-9-3-1-4-10-18)26-16-19-11-5-2-6-12-19/h1-6,9-12,17,20,26,28H,7-8,13-16,24H2,(H,25,27). The van der Waals surface area contributed by atoms with E-state index in [1.807, 2.05) is 12.1 Å². The summed E-state index contributed by atoms with van der Waals surface area (Å²) in [5.74, 6) is 0.887.